The van der Waals surface area contributed by atoms with E-state index in [-0.39, 0.29) is 23.7 Å². The van der Waals surface area contributed by atoms with Gasteiger partial charge in [-0.15, -0.1) is 11.3 Å². The summed E-state index contributed by atoms with van der Waals surface area (Å²) >= 11 is 2.66. The van der Waals surface area contributed by atoms with Gasteiger partial charge >= 0.3 is 0 Å². The fourth-order valence-corrected chi connectivity index (χ4v) is 3.72. The van der Waals surface area contributed by atoms with Crippen molar-refractivity contribution in [2.75, 3.05) is 13.2 Å². The predicted octanol–water partition coefficient (Wildman–Crippen LogP) is 3.09. The number of rotatable bonds is 5. The second kappa shape index (κ2) is 7.61. The maximum absolute atomic E-state index is 12.1. The number of phenols is 1. The van der Waals surface area contributed by atoms with Gasteiger partial charge in [-0.05, 0) is 30.0 Å². The van der Waals surface area contributed by atoms with Crippen molar-refractivity contribution in [2.24, 2.45) is 10.4 Å². The van der Waals surface area contributed by atoms with Crippen molar-refractivity contribution in [1.29, 1.82) is 0 Å². The number of nitrogens with zero attached hydrogens (tertiary/aromatic N) is 2. The van der Waals surface area contributed by atoms with E-state index in [2.05, 4.69) is 15.3 Å². The van der Waals surface area contributed by atoms with Gasteiger partial charge in [-0.3, -0.25) is 9.79 Å². The third-order valence-electron chi connectivity index (χ3n) is 3.66. The summed E-state index contributed by atoms with van der Waals surface area (Å²) in [4.78, 5) is 21.5. The number of carbonyl (C=O) groups excluding carboxylic acids is 1. The van der Waals surface area contributed by atoms with Crippen LogP contribution in [0, 0.1) is 5.41 Å². The van der Waals surface area contributed by atoms with Gasteiger partial charge in [0.05, 0.1) is 16.2 Å². The van der Waals surface area contributed by atoms with Gasteiger partial charge in [0.15, 0.2) is 5.17 Å². The number of amidine groups is 1. The fraction of sp³-hybridized carbons (Fsp3) is 0.278. The van der Waals surface area contributed by atoms with Crippen LogP contribution in [0.2, 0.25) is 0 Å². The Labute approximate surface area is 159 Å². The van der Waals surface area contributed by atoms with E-state index in [9.17, 15) is 15.0 Å². The summed E-state index contributed by atoms with van der Waals surface area (Å²) in [5.74, 6) is -0.0392. The lowest BCUT2D eigenvalue weighted by Crippen LogP contribution is -2.24. The van der Waals surface area contributed by atoms with Gasteiger partial charge < -0.3 is 15.5 Å². The molecular formula is C18H19N3O3S2. The number of aliphatic hydroxyl groups excluding tert-OH is 1. The largest absolute Gasteiger partial charge is 0.507 e. The van der Waals surface area contributed by atoms with Crippen LogP contribution >= 0.6 is 23.1 Å². The average molecular weight is 390 g/mol. The minimum Gasteiger partial charge on any atom is -0.507 e. The number of aliphatic imine (C=N–C) groups is 1. The van der Waals surface area contributed by atoms with Crippen molar-refractivity contribution in [3.63, 3.8) is 0 Å². The highest BCUT2D eigenvalue weighted by Crippen LogP contribution is 2.33. The first-order chi connectivity index (χ1) is 12.4. The van der Waals surface area contributed by atoms with Crippen molar-refractivity contribution in [3.05, 3.63) is 40.2 Å². The van der Waals surface area contributed by atoms with Crippen molar-refractivity contribution in [2.45, 2.75) is 13.8 Å². The highest BCUT2D eigenvalue weighted by molar-refractivity contribution is 8.18. The van der Waals surface area contributed by atoms with E-state index in [4.69, 9.17) is 0 Å². The smallest absolute Gasteiger partial charge is 0.264 e. The number of aromatic hydroxyl groups is 1. The first kappa shape index (κ1) is 18.6. The molecule has 0 saturated carbocycles. The minimum absolute atomic E-state index is 0.0268. The molecule has 26 heavy (non-hydrogen) atoms. The highest BCUT2D eigenvalue weighted by Gasteiger charge is 2.25. The van der Waals surface area contributed by atoms with Crippen LogP contribution in [0.1, 0.15) is 19.5 Å². The summed E-state index contributed by atoms with van der Waals surface area (Å²) in [6.07, 6.45) is 1.71. The van der Waals surface area contributed by atoms with Gasteiger partial charge in [0.1, 0.15) is 10.8 Å². The van der Waals surface area contributed by atoms with Crippen LogP contribution in [-0.4, -0.2) is 39.4 Å². The molecule has 0 spiro atoms. The third-order valence-corrected chi connectivity index (χ3v) is 5.51. The molecule has 2 aromatic rings. The van der Waals surface area contributed by atoms with Crippen LogP contribution in [-0.2, 0) is 4.79 Å². The summed E-state index contributed by atoms with van der Waals surface area (Å²) in [6.45, 7) is 4.27. The molecule has 8 heteroatoms. The molecule has 1 aromatic heterocycles. The Bertz CT molecular complexity index is 887. The SMILES string of the molecule is CC(C)(CO)CN=C1NC(=O)C(=Cc2csc(-c3ccccc3O)n2)S1. The molecule has 3 rings (SSSR count). The number of thioether (sulfide) groups is 1. The first-order valence-electron chi connectivity index (χ1n) is 7.98. The topological polar surface area (TPSA) is 94.8 Å². The number of nitrogens with one attached hydrogen (secondary N) is 1. The van der Waals surface area contributed by atoms with E-state index >= 15 is 0 Å². The molecular weight excluding hydrogens is 370 g/mol. The predicted molar refractivity (Wildman–Crippen MR) is 106 cm³/mol. The maximum atomic E-state index is 12.1. The molecule has 1 saturated heterocycles. The van der Waals surface area contributed by atoms with E-state index in [0.29, 0.717) is 32.9 Å². The number of carbonyl (C=O) groups is 1. The summed E-state index contributed by atoms with van der Waals surface area (Å²) < 4.78 is 0. The van der Waals surface area contributed by atoms with Gasteiger partial charge in [0.2, 0.25) is 0 Å². The van der Waals surface area contributed by atoms with Gasteiger partial charge in [-0.25, -0.2) is 4.98 Å². The minimum atomic E-state index is -0.327. The zero-order valence-corrected chi connectivity index (χ0v) is 16.0. The molecule has 1 amide bonds. The molecule has 0 aliphatic carbocycles. The molecule has 1 aromatic carbocycles. The second-order valence-corrected chi connectivity index (χ2v) is 8.49. The Kier molecular flexibility index (Phi) is 5.45. The van der Waals surface area contributed by atoms with Gasteiger partial charge in [-0.2, -0.15) is 0 Å². The van der Waals surface area contributed by atoms with E-state index in [1.54, 1.807) is 24.3 Å². The zero-order chi connectivity index (χ0) is 18.7. The second-order valence-electron chi connectivity index (χ2n) is 6.60. The third kappa shape index (κ3) is 4.32. The number of thiazole rings is 1. The Balaban J connectivity index is 1.76. The van der Waals surface area contributed by atoms with E-state index in [0.717, 1.165) is 0 Å². The quantitative estimate of drug-likeness (QED) is 0.683. The maximum Gasteiger partial charge on any atom is 0.264 e. The Morgan fingerprint density at radius 1 is 1.35 bits per heavy atom. The summed E-state index contributed by atoms with van der Waals surface area (Å²) in [5.41, 5.74) is 0.994. The number of aromatic nitrogens is 1. The van der Waals surface area contributed by atoms with Crippen molar-refractivity contribution < 1.29 is 15.0 Å². The molecule has 6 nitrogen and oxygen atoms in total. The Morgan fingerprint density at radius 3 is 2.85 bits per heavy atom. The molecule has 136 valence electrons. The lowest BCUT2D eigenvalue weighted by Gasteiger charge is -2.18. The summed E-state index contributed by atoms with van der Waals surface area (Å²) in [5, 5.41) is 25.0. The summed E-state index contributed by atoms with van der Waals surface area (Å²) in [6, 6.07) is 7.01. The number of benzene rings is 1. The highest BCUT2D eigenvalue weighted by atomic mass is 32.2. The Morgan fingerprint density at radius 2 is 2.12 bits per heavy atom. The number of amides is 1. The molecule has 2 heterocycles. The molecule has 0 radical (unpaired) electrons. The van der Waals surface area contributed by atoms with E-state index in [1.165, 1.54) is 23.1 Å². The zero-order valence-electron chi connectivity index (χ0n) is 14.4. The van der Waals surface area contributed by atoms with Crippen LogP contribution in [0.5, 0.6) is 5.75 Å². The number of hydrogen-bond acceptors (Lipinski definition) is 7. The van der Waals surface area contributed by atoms with Gasteiger partial charge in [-0.1, -0.05) is 26.0 Å². The van der Waals surface area contributed by atoms with Crippen molar-refractivity contribution in [1.82, 2.24) is 10.3 Å². The van der Waals surface area contributed by atoms with Crippen LogP contribution in [0.25, 0.3) is 16.6 Å². The van der Waals surface area contributed by atoms with Crippen LogP contribution in [0.4, 0.5) is 0 Å². The van der Waals surface area contributed by atoms with Gasteiger partial charge in [0, 0.05) is 23.9 Å². The number of aliphatic hydroxyl groups is 1. The Hall–Kier alpha value is -2.16. The van der Waals surface area contributed by atoms with E-state index in [1.807, 2.05) is 25.3 Å². The lowest BCUT2D eigenvalue weighted by molar-refractivity contribution is -0.115. The number of phenolic OH excluding ortho intramolecular Hbond substituents is 1. The average Bonchev–Trinajstić information content (AvgIpc) is 3.21. The van der Waals surface area contributed by atoms with E-state index < -0.39 is 0 Å². The van der Waals surface area contributed by atoms with Gasteiger partial charge in [0.25, 0.3) is 5.91 Å². The van der Waals surface area contributed by atoms with Crippen molar-refractivity contribution in [3.8, 4) is 16.3 Å². The standard InChI is InChI=1S/C18H19N3O3S2/c1-18(2,10-22)9-19-17-21-15(24)14(26-17)7-11-8-25-16(20-11)12-5-3-4-6-13(12)23/h3-8,22-23H,9-10H2,1-2H3,(H,19,21,24). The molecule has 0 unspecified atom stereocenters. The molecule has 1 aliphatic rings. The van der Waals surface area contributed by atoms with Crippen LogP contribution in [0.15, 0.2) is 39.5 Å². The molecule has 3 N–H and O–H groups in total. The van der Waals surface area contributed by atoms with Crippen LogP contribution in [0.3, 0.4) is 0 Å². The number of para-hydroxylation sites is 1. The fourth-order valence-electron chi connectivity index (χ4n) is 2.10. The first-order valence-corrected chi connectivity index (χ1v) is 9.68. The number of hydrogen-bond donors (Lipinski definition) is 3. The van der Waals surface area contributed by atoms with Crippen LogP contribution < -0.4 is 5.32 Å². The van der Waals surface area contributed by atoms with Crippen molar-refractivity contribution >= 4 is 40.2 Å². The monoisotopic (exact) mass is 389 g/mol. The normalized spacial score (nSPS) is 17.9. The molecule has 0 bridgehead atoms. The summed E-state index contributed by atoms with van der Waals surface area (Å²) in [7, 11) is 0. The molecule has 1 aliphatic heterocycles. The molecule has 0 atom stereocenters. The molecule has 1 fully saturated rings. The lowest BCUT2D eigenvalue weighted by atomic mass is 9.95.